The second kappa shape index (κ2) is 11.3. The molecule has 0 spiro atoms. The van der Waals surface area contributed by atoms with Crippen LogP contribution in [-0.4, -0.2) is 86.5 Å². The van der Waals surface area contributed by atoms with Crippen molar-refractivity contribution in [3.8, 4) is 11.5 Å². The number of piperidine rings is 1. The maximum absolute atomic E-state index is 13.3. The van der Waals surface area contributed by atoms with Crippen molar-refractivity contribution < 1.29 is 19.1 Å². The van der Waals surface area contributed by atoms with Crippen molar-refractivity contribution in [3.63, 3.8) is 0 Å². The van der Waals surface area contributed by atoms with Crippen molar-refractivity contribution in [2.24, 2.45) is 5.41 Å². The number of amides is 2. The fourth-order valence-electron chi connectivity index (χ4n) is 4.75. The molecule has 0 saturated carbocycles. The minimum atomic E-state index is -0.328. The van der Waals surface area contributed by atoms with Crippen LogP contribution >= 0.6 is 11.6 Å². The maximum atomic E-state index is 13.3. The molecule has 7 nitrogen and oxygen atoms in total. The molecule has 0 unspecified atom stereocenters. The average molecular weight is 500 g/mol. The lowest BCUT2D eigenvalue weighted by Gasteiger charge is -2.42. The molecule has 0 N–H and O–H groups in total. The summed E-state index contributed by atoms with van der Waals surface area (Å²) in [7, 11) is 3.68. The Balaban J connectivity index is 1.44. The van der Waals surface area contributed by atoms with Gasteiger partial charge in [0.25, 0.3) is 5.91 Å². The van der Waals surface area contributed by atoms with Crippen LogP contribution in [0.2, 0.25) is 5.02 Å². The van der Waals surface area contributed by atoms with Gasteiger partial charge in [-0.1, -0.05) is 17.7 Å². The van der Waals surface area contributed by atoms with E-state index in [0.717, 1.165) is 31.9 Å². The molecule has 2 saturated heterocycles. The first kappa shape index (κ1) is 25.3. The highest BCUT2D eigenvalue weighted by Gasteiger charge is 2.40. The first-order valence-corrected chi connectivity index (χ1v) is 12.5. The largest absolute Gasteiger partial charge is 0.497 e. The molecule has 2 amide bonds. The number of carbonyl (C=O) groups is 2. The van der Waals surface area contributed by atoms with Gasteiger partial charge in [0.1, 0.15) is 11.5 Å². The van der Waals surface area contributed by atoms with Gasteiger partial charge in [-0.3, -0.25) is 9.59 Å². The quantitative estimate of drug-likeness (QED) is 0.579. The summed E-state index contributed by atoms with van der Waals surface area (Å²) in [4.78, 5) is 32.5. The number of hydrogen-bond acceptors (Lipinski definition) is 5. The van der Waals surface area contributed by atoms with Gasteiger partial charge in [-0.2, -0.15) is 0 Å². The van der Waals surface area contributed by atoms with E-state index in [1.807, 2.05) is 40.1 Å². The summed E-state index contributed by atoms with van der Waals surface area (Å²) < 4.78 is 11.4. The van der Waals surface area contributed by atoms with E-state index in [4.69, 9.17) is 21.1 Å². The number of nitrogens with zero attached hydrogens (tertiary/aromatic N) is 3. The Morgan fingerprint density at radius 3 is 2.26 bits per heavy atom. The molecular formula is C27H34ClN3O4. The first-order chi connectivity index (χ1) is 16.9. The average Bonchev–Trinajstić information content (AvgIpc) is 2.89. The minimum Gasteiger partial charge on any atom is -0.497 e. The first-order valence-electron chi connectivity index (χ1n) is 12.2. The monoisotopic (exact) mass is 499 g/mol. The number of methoxy groups -OCH3 is 1. The molecule has 2 fully saturated rings. The summed E-state index contributed by atoms with van der Waals surface area (Å²) in [5, 5.41) is 0.654. The Morgan fingerprint density at radius 1 is 0.914 bits per heavy atom. The molecule has 2 aromatic rings. The van der Waals surface area contributed by atoms with E-state index in [-0.39, 0.29) is 17.2 Å². The Morgan fingerprint density at radius 2 is 1.60 bits per heavy atom. The van der Waals surface area contributed by atoms with E-state index in [1.54, 1.807) is 25.3 Å². The SMILES string of the molecule is COc1cccc(C(=O)N2CCC(COc3ccc(Cl)cc3)(CC(=O)N3CCN(C)CC3)CC2)c1. The molecule has 35 heavy (non-hydrogen) atoms. The minimum absolute atomic E-state index is 0.0125. The van der Waals surface area contributed by atoms with E-state index in [1.165, 1.54) is 0 Å². The zero-order valence-electron chi connectivity index (χ0n) is 20.5. The zero-order chi connectivity index (χ0) is 24.8. The lowest BCUT2D eigenvalue weighted by molar-refractivity contribution is -0.136. The summed E-state index contributed by atoms with van der Waals surface area (Å²) in [6.07, 6.45) is 1.83. The predicted octanol–water partition coefficient (Wildman–Crippen LogP) is 3.81. The molecule has 2 heterocycles. The normalized spacial score (nSPS) is 18.3. The number of halogens is 1. The Bertz CT molecular complexity index is 1010. The molecule has 0 aliphatic carbocycles. The number of ether oxygens (including phenoxy) is 2. The van der Waals surface area contributed by atoms with Gasteiger partial charge in [0, 0.05) is 61.7 Å². The fourth-order valence-corrected chi connectivity index (χ4v) is 4.88. The molecule has 2 aliphatic rings. The van der Waals surface area contributed by atoms with E-state index in [2.05, 4.69) is 11.9 Å². The predicted molar refractivity (Wildman–Crippen MR) is 136 cm³/mol. The number of likely N-dealkylation sites (N-methyl/N-ethyl adjacent to an activating group) is 1. The Kier molecular flexibility index (Phi) is 8.19. The van der Waals surface area contributed by atoms with Crippen LogP contribution in [0.25, 0.3) is 0 Å². The molecular weight excluding hydrogens is 466 g/mol. The topological polar surface area (TPSA) is 62.3 Å². The van der Waals surface area contributed by atoms with Gasteiger partial charge in [0.05, 0.1) is 13.7 Å². The van der Waals surface area contributed by atoms with Gasteiger partial charge < -0.3 is 24.2 Å². The second-order valence-electron chi connectivity index (χ2n) is 9.63. The van der Waals surface area contributed by atoms with Crippen LogP contribution in [0.5, 0.6) is 11.5 Å². The molecule has 8 heteroatoms. The second-order valence-corrected chi connectivity index (χ2v) is 10.1. The summed E-state index contributed by atoms with van der Waals surface area (Å²) in [6, 6.07) is 14.5. The molecule has 2 aromatic carbocycles. The fraction of sp³-hybridized carbons (Fsp3) is 0.481. The maximum Gasteiger partial charge on any atom is 0.253 e. The van der Waals surface area contributed by atoms with Gasteiger partial charge >= 0.3 is 0 Å². The Hall–Kier alpha value is -2.77. The smallest absolute Gasteiger partial charge is 0.253 e. The number of carbonyl (C=O) groups excluding carboxylic acids is 2. The van der Waals surface area contributed by atoms with Gasteiger partial charge in [0.15, 0.2) is 0 Å². The molecule has 0 bridgehead atoms. The van der Waals surface area contributed by atoms with Crippen molar-refractivity contribution >= 4 is 23.4 Å². The third kappa shape index (κ3) is 6.47. The summed E-state index contributed by atoms with van der Waals surface area (Å²) >= 11 is 6.01. The molecule has 4 rings (SSSR count). The molecule has 0 radical (unpaired) electrons. The lowest BCUT2D eigenvalue weighted by atomic mass is 9.75. The third-order valence-corrected chi connectivity index (χ3v) is 7.42. The van der Waals surface area contributed by atoms with E-state index in [9.17, 15) is 9.59 Å². The summed E-state index contributed by atoms with van der Waals surface area (Å²) in [5.41, 5.74) is 0.286. The summed E-state index contributed by atoms with van der Waals surface area (Å²) in [6.45, 7) is 4.88. The van der Waals surface area contributed by atoms with Crippen LogP contribution in [0, 0.1) is 5.41 Å². The molecule has 2 aliphatic heterocycles. The van der Waals surface area contributed by atoms with Crippen molar-refractivity contribution in [3.05, 3.63) is 59.1 Å². The zero-order valence-corrected chi connectivity index (χ0v) is 21.3. The third-order valence-electron chi connectivity index (χ3n) is 7.17. The number of benzene rings is 2. The van der Waals surface area contributed by atoms with E-state index < -0.39 is 0 Å². The highest BCUT2D eigenvalue weighted by molar-refractivity contribution is 6.30. The molecule has 188 valence electrons. The van der Waals surface area contributed by atoms with Crippen molar-refractivity contribution in [2.45, 2.75) is 19.3 Å². The van der Waals surface area contributed by atoms with Crippen LogP contribution < -0.4 is 9.47 Å². The number of hydrogen-bond donors (Lipinski definition) is 0. The van der Waals surface area contributed by atoms with E-state index in [0.29, 0.717) is 55.3 Å². The Labute approximate surface area is 212 Å². The number of likely N-dealkylation sites (tertiary alicyclic amines) is 1. The molecule has 0 aromatic heterocycles. The number of rotatable bonds is 7. The van der Waals surface area contributed by atoms with Crippen LogP contribution in [0.1, 0.15) is 29.6 Å². The van der Waals surface area contributed by atoms with Gasteiger partial charge in [0.2, 0.25) is 5.91 Å². The van der Waals surface area contributed by atoms with Gasteiger partial charge in [-0.05, 0) is 62.4 Å². The van der Waals surface area contributed by atoms with Crippen LogP contribution in [0.3, 0.4) is 0 Å². The standard InChI is InChI=1S/C27H34ClN3O4/c1-29-14-16-30(17-15-29)25(32)19-27(20-35-23-8-6-22(28)7-9-23)10-12-31(13-11-27)26(33)21-4-3-5-24(18-21)34-2/h3-9,18H,10-17,19-20H2,1-2H3. The van der Waals surface area contributed by atoms with Crippen molar-refractivity contribution in [1.82, 2.24) is 14.7 Å². The summed E-state index contributed by atoms with van der Waals surface area (Å²) in [5.74, 6) is 1.55. The highest BCUT2D eigenvalue weighted by atomic mass is 35.5. The molecule has 0 atom stereocenters. The van der Waals surface area contributed by atoms with E-state index >= 15 is 0 Å². The van der Waals surface area contributed by atoms with Crippen molar-refractivity contribution in [1.29, 1.82) is 0 Å². The number of piperazine rings is 1. The van der Waals surface area contributed by atoms with Gasteiger partial charge in [-0.15, -0.1) is 0 Å². The van der Waals surface area contributed by atoms with Gasteiger partial charge in [-0.25, -0.2) is 0 Å². The highest BCUT2D eigenvalue weighted by Crippen LogP contribution is 2.37. The van der Waals surface area contributed by atoms with Crippen LogP contribution in [0.15, 0.2) is 48.5 Å². The lowest BCUT2D eigenvalue weighted by Crippen LogP contribution is -2.51. The van der Waals surface area contributed by atoms with Crippen LogP contribution in [-0.2, 0) is 4.79 Å². The van der Waals surface area contributed by atoms with Crippen LogP contribution in [0.4, 0.5) is 0 Å². The van der Waals surface area contributed by atoms with Crippen molar-refractivity contribution in [2.75, 3.05) is 60.0 Å².